The number of nitrogens with two attached hydrogens (primary N) is 1. The molecule has 6 nitrogen and oxygen atoms in total. The summed E-state index contributed by atoms with van der Waals surface area (Å²) >= 11 is 0. The molecule has 3 N–H and O–H groups in total. The van der Waals surface area contributed by atoms with Crippen molar-refractivity contribution in [2.24, 2.45) is 11.7 Å². The van der Waals surface area contributed by atoms with Crippen molar-refractivity contribution in [3.05, 3.63) is 0 Å². The zero-order valence-electron chi connectivity index (χ0n) is 10.7. The summed E-state index contributed by atoms with van der Waals surface area (Å²) in [6.45, 7) is 1.23. The first-order chi connectivity index (χ1) is 8.33. The molecule has 1 heterocycles. The summed E-state index contributed by atoms with van der Waals surface area (Å²) in [6, 6.07) is -0.767. The van der Waals surface area contributed by atoms with Gasteiger partial charge >= 0.3 is 0 Å². The van der Waals surface area contributed by atoms with E-state index >= 15 is 0 Å². The van der Waals surface area contributed by atoms with Crippen molar-refractivity contribution in [2.45, 2.75) is 25.3 Å². The highest BCUT2D eigenvalue weighted by molar-refractivity contribution is 7.90. The van der Waals surface area contributed by atoms with Gasteiger partial charge in [-0.3, -0.25) is 4.79 Å². The molecule has 0 aromatic carbocycles. The average Bonchev–Trinajstić information content (AvgIpc) is 2.34. The van der Waals surface area contributed by atoms with Gasteiger partial charge in [0.2, 0.25) is 5.91 Å². The van der Waals surface area contributed by atoms with Gasteiger partial charge in [-0.1, -0.05) is 0 Å². The van der Waals surface area contributed by atoms with Gasteiger partial charge in [-0.15, -0.1) is 0 Å². The number of hydrogen-bond donors (Lipinski definition) is 2. The maximum absolute atomic E-state index is 12.0. The van der Waals surface area contributed by atoms with Crippen molar-refractivity contribution >= 4 is 15.7 Å². The minimum absolute atomic E-state index is 0.0718. The maximum atomic E-state index is 12.0. The Hall–Kier alpha value is -0.660. The molecule has 2 atom stereocenters. The number of amides is 1. The molecule has 0 aromatic heterocycles. The van der Waals surface area contributed by atoms with Crippen LogP contribution in [0.4, 0.5) is 0 Å². The van der Waals surface area contributed by atoms with Crippen LogP contribution in [0.3, 0.4) is 0 Å². The van der Waals surface area contributed by atoms with Crippen LogP contribution in [-0.4, -0.2) is 62.1 Å². The fraction of sp³-hybridized carbons (Fsp3) is 0.909. The molecule has 2 unspecified atom stereocenters. The molecule has 1 fully saturated rings. The smallest absolute Gasteiger partial charge is 0.239 e. The van der Waals surface area contributed by atoms with E-state index in [-0.39, 0.29) is 30.6 Å². The van der Waals surface area contributed by atoms with Crippen LogP contribution in [0.25, 0.3) is 0 Å². The van der Waals surface area contributed by atoms with Crippen LogP contribution in [0.5, 0.6) is 0 Å². The topological polar surface area (TPSA) is 101 Å². The van der Waals surface area contributed by atoms with Crippen LogP contribution in [0.15, 0.2) is 0 Å². The highest BCUT2D eigenvalue weighted by Crippen LogP contribution is 2.16. The lowest BCUT2D eigenvalue weighted by Crippen LogP contribution is -2.49. The first-order valence-corrected chi connectivity index (χ1v) is 8.22. The third-order valence-electron chi connectivity index (χ3n) is 3.21. The number of rotatable bonds is 5. The van der Waals surface area contributed by atoms with Crippen molar-refractivity contribution in [3.63, 3.8) is 0 Å². The fourth-order valence-electron chi connectivity index (χ4n) is 2.11. The molecule has 1 saturated heterocycles. The molecule has 1 aliphatic rings. The summed E-state index contributed by atoms with van der Waals surface area (Å²) in [5.41, 5.74) is 5.72. The number of hydrogen-bond acceptors (Lipinski definition) is 5. The van der Waals surface area contributed by atoms with Gasteiger partial charge in [-0.2, -0.15) is 0 Å². The van der Waals surface area contributed by atoms with Gasteiger partial charge < -0.3 is 15.7 Å². The SMILES string of the molecule is CS(=O)(=O)CCC(N)C(=O)N1CCCC(CO)C1. The van der Waals surface area contributed by atoms with Crippen molar-refractivity contribution in [2.75, 3.05) is 31.7 Å². The normalized spacial score (nSPS) is 22.8. The van der Waals surface area contributed by atoms with E-state index in [0.29, 0.717) is 13.1 Å². The predicted molar refractivity (Wildman–Crippen MR) is 68.7 cm³/mol. The van der Waals surface area contributed by atoms with Crippen molar-refractivity contribution in [1.82, 2.24) is 4.90 Å². The van der Waals surface area contributed by atoms with Crippen LogP contribution >= 0.6 is 0 Å². The van der Waals surface area contributed by atoms with E-state index in [2.05, 4.69) is 0 Å². The van der Waals surface area contributed by atoms with Gasteiger partial charge in [0, 0.05) is 26.0 Å². The van der Waals surface area contributed by atoms with Crippen molar-refractivity contribution in [1.29, 1.82) is 0 Å². The number of nitrogens with zero attached hydrogens (tertiary/aromatic N) is 1. The molecular weight excluding hydrogens is 256 g/mol. The van der Waals surface area contributed by atoms with E-state index in [1.807, 2.05) is 0 Å². The lowest BCUT2D eigenvalue weighted by Gasteiger charge is -2.33. The predicted octanol–water partition coefficient (Wildman–Crippen LogP) is -1.02. The minimum atomic E-state index is -3.09. The minimum Gasteiger partial charge on any atom is -0.396 e. The summed E-state index contributed by atoms with van der Waals surface area (Å²) in [7, 11) is -3.09. The average molecular weight is 278 g/mol. The van der Waals surface area contributed by atoms with Crippen LogP contribution in [0.1, 0.15) is 19.3 Å². The van der Waals surface area contributed by atoms with E-state index in [0.717, 1.165) is 19.1 Å². The zero-order valence-corrected chi connectivity index (χ0v) is 11.5. The second kappa shape index (κ2) is 6.49. The number of aliphatic hydroxyl groups excluding tert-OH is 1. The largest absolute Gasteiger partial charge is 0.396 e. The quantitative estimate of drug-likeness (QED) is 0.670. The number of piperidine rings is 1. The van der Waals surface area contributed by atoms with E-state index in [1.165, 1.54) is 0 Å². The van der Waals surface area contributed by atoms with Gasteiger partial charge in [-0.25, -0.2) is 8.42 Å². The Balaban J connectivity index is 2.47. The monoisotopic (exact) mass is 278 g/mol. The van der Waals surface area contributed by atoms with E-state index in [4.69, 9.17) is 10.8 Å². The lowest BCUT2D eigenvalue weighted by atomic mass is 9.98. The molecule has 1 rings (SSSR count). The molecule has 0 saturated carbocycles. The number of carbonyl (C=O) groups is 1. The first kappa shape index (κ1) is 15.4. The Morgan fingerprint density at radius 2 is 2.22 bits per heavy atom. The van der Waals surface area contributed by atoms with Crippen LogP contribution < -0.4 is 5.73 Å². The van der Waals surface area contributed by atoms with Crippen LogP contribution in [-0.2, 0) is 14.6 Å². The number of aliphatic hydroxyl groups is 1. The second-order valence-corrected chi connectivity index (χ2v) is 7.26. The summed E-state index contributed by atoms with van der Waals surface area (Å²) in [5.74, 6) is -0.168. The Morgan fingerprint density at radius 3 is 2.78 bits per heavy atom. The van der Waals surface area contributed by atoms with Crippen molar-refractivity contribution in [3.8, 4) is 0 Å². The molecule has 0 spiro atoms. The van der Waals surface area contributed by atoms with Gasteiger partial charge in [0.15, 0.2) is 0 Å². The van der Waals surface area contributed by atoms with Gasteiger partial charge in [0.25, 0.3) is 0 Å². The molecule has 0 radical (unpaired) electrons. The summed E-state index contributed by atoms with van der Waals surface area (Å²) in [4.78, 5) is 13.6. The third-order valence-corrected chi connectivity index (χ3v) is 4.18. The molecule has 18 heavy (non-hydrogen) atoms. The van der Waals surface area contributed by atoms with Crippen LogP contribution in [0, 0.1) is 5.92 Å². The fourth-order valence-corrected chi connectivity index (χ4v) is 2.80. The number of sulfone groups is 1. The molecule has 0 aromatic rings. The number of likely N-dealkylation sites (tertiary alicyclic amines) is 1. The van der Waals surface area contributed by atoms with Crippen LogP contribution in [0.2, 0.25) is 0 Å². The maximum Gasteiger partial charge on any atom is 0.239 e. The summed E-state index contributed by atoms with van der Waals surface area (Å²) < 4.78 is 22.0. The highest BCUT2D eigenvalue weighted by atomic mass is 32.2. The Morgan fingerprint density at radius 1 is 1.56 bits per heavy atom. The lowest BCUT2D eigenvalue weighted by molar-refractivity contribution is -0.134. The second-order valence-electron chi connectivity index (χ2n) is 5.00. The standard InChI is InChI=1S/C11H22N2O4S/c1-18(16,17)6-4-10(12)11(15)13-5-2-3-9(7-13)8-14/h9-10,14H,2-8,12H2,1H3. The highest BCUT2D eigenvalue weighted by Gasteiger charge is 2.27. The first-order valence-electron chi connectivity index (χ1n) is 6.16. The zero-order chi connectivity index (χ0) is 13.8. The molecule has 106 valence electrons. The van der Waals surface area contributed by atoms with E-state index < -0.39 is 15.9 Å². The Kier molecular flexibility index (Phi) is 5.55. The third kappa shape index (κ3) is 4.91. The Bertz CT molecular complexity index is 383. The molecule has 1 aliphatic heterocycles. The Labute approximate surface area is 108 Å². The molecule has 0 aliphatic carbocycles. The van der Waals surface area contributed by atoms with E-state index in [1.54, 1.807) is 4.90 Å². The summed E-state index contributed by atoms with van der Waals surface area (Å²) in [5, 5.41) is 9.09. The van der Waals surface area contributed by atoms with Crippen molar-refractivity contribution < 1.29 is 18.3 Å². The van der Waals surface area contributed by atoms with Gasteiger partial charge in [0.05, 0.1) is 11.8 Å². The molecule has 0 bridgehead atoms. The van der Waals surface area contributed by atoms with E-state index in [9.17, 15) is 13.2 Å². The number of carbonyl (C=O) groups excluding carboxylic acids is 1. The molecule has 7 heteroatoms. The summed E-state index contributed by atoms with van der Waals surface area (Å²) in [6.07, 6.45) is 3.06. The van der Waals surface area contributed by atoms with Gasteiger partial charge in [0.1, 0.15) is 9.84 Å². The van der Waals surface area contributed by atoms with Gasteiger partial charge in [-0.05, 0) is 25.2 Å². The molecule has 1 amide bonds. The molecular formula is C11H22N2O4S.